The molecule has 0 saturated carbocycles. The Morgan fingerprint density at radius 3 is 2.40 bits per heavy atom. The summed E-state index contributed by atoms with van der Waals surface area (Å²) in [5.41, 5.74) is 0.273. The van der Waals surface area contributed by atoms with Crippen LogP contribution in [0.5, 0.6) is 5.75 Å². The molecule has 0 aliphatic rings. The zero-order valence-electron chi connectivity index (χ0n) is 7.67. The standard InChI is InChI=1S/C10H8I2O3/c1-2-3-15-9-7(11)4-6(10(13)14)5-8(9)12/h2,4-5H,1,3H2,(H,13,14). The van der Waals surface area contributed by atoms with Crippen molar-refractivity contribution in [2.75, 3.05) is 6.61 Å². The minimum atomic E-state index is -0.930. The van der Waals surface area contributed by atoms with Gasteiger partial charge in [0, 0.05) is 0 Å². The number of benzene rings is 1. The van der Waals surface area contributed by atoms with Gasteiger partial charge in [-0.3, -0.25) is 0 Å². The average Bonchev–Trinajstić information content (AvgIpc) is 2.16. The maximum atomic E-state index is 10.8. The molecule has 3 nitrogen and oxygen atoms in total. The van der Waals surface area contributed by atoms with E-state index in [1.165, 1.54) is 0 Å². The van der Waals surface area contributed by atoms with E-state index in [9.17, 15) is 4.79 Å². The third-order valence-electron chi connectivity index (χ3n) is 1.59. The molecule has 0 aliphatic heterocycles. The first-order valence-electron chi connectivity index (χ1n) is 4.02. The highest BCUT2D eigenvalue weighted by atomic mass is 127. The van der Waals surface area contributed by atoms with Gasteiger partial charge in [-0.05, 0) is 57.3 Å². The second-order valence-electron chi connectivity index (χ2n) is 2.67. The summed E-state index contributed by atoms with van der Waals surface area (Å²) in [6.07, 6.45) is 1.65. The number of carboxylic acids is 1. The molecule has 1 aromatic rings. The summed E-state index contributed by atoms with van der Waals surface area (Å²) in [6, 6.07) is 3.17. The lowest BCUT2D eigenvalue weighted by Gasteiger charge is -2.09. The van der Waals surface area contributed by atoms with E-state index in [-0.39, 0.29) is 5.56 Å². The van der Waals surface area contributed by atoms with E-state index < -0.39 is 5.97 Å². The first-order chi connectivity index (χ1) is 7.06. The predicted molar refractivity (Wildman–Crippen MR) is 74.5 cm³/mol. The molecule has 80 valence electrons. The molecule has 1 rings (SSSR count). The average molecular weight is 430 g/mol. The first-order valence-corrected chi connectivity index (χ1v) is 6.18. The molecule has 0 bridgehead atoms. The van der Waals surface area contributed by atoms with Crippen molar-refractivity contribution in [2.45, 2.75) is 0 Å². The Balaban J connectivity index is 3.09. The number of aromatic carboxylic acids is 1. The van der Waals surface area contributed by atoms with Gasteiger partial charge in [0.2, 0.25) is 0 Å². The van der Waals surface area contributed by atoms with Crippen LogP contribution in [0.4, 0.5) is 0 Å². The number of rotatable bonds is 4. The van der Waals surface area contributed by atoms with Gasteiger partial charge >= 0.3 is 5.97 Å². The van der Waals surface area contributed by atoms with Gasteiger partial charge in [-0.25, -0.2) is 4.79 Å². The van der Waals surface area contributed by atoms with Crippen LogP contribution in [0.3, 0.4) is 0 Å². The Labute approximate surface area is 115 Å². The van der Waals surface area contributed by atoms with E-state index >= 15 is 0 Å². The molecule has 1 N–H and O–H groups in total. The topological polar surface area (TPSA) is 46.5 Å². The van der Waals surface area contributed by atoms with Crippen molar-refractivity contribution in [3.8, 4) is 5.75 Å². The molecule has 1 aromatic carbocycles. The highest BCUT2D eigenvalue weighted by Gasteiger charge is 2.11. The van der Waals surface area contributed by atoms with Crippen molar-refractivity contribution in [3.05, 3.63) is 37.5 Å². The minimum Gasteiger partial charge on any atom is -0.487 e. The van der Waals surface area contributed by atoms with Gasteiger partial charge in [0.05, 0.1) is 12.7 Å². The zero-order chi connectivity index (χ0) is 11.4. The molecule has 0 spiro atoms. The lowest BCUT2D eigenvalue weighted by atomic mass is 10.2. The predicted octanol–water partition coefficient (Wildman–Crippen LogP) is 3.16. The van der Waals surface area contributed by atoms with Crippen LogP contribution >= 0.6 is 45.2 Å². The summed E-state index contributed by atoms with van der Waals surface area (Å²) in [7, 11) is 0. The van der Waals surface area contributed by atoms with Crippen LogP contribution in [0, 0.1) is 7.14 Å². The van der Waals surface area contributed by atoms with Crippen LogP contribution in [0.2, 0.25) is 0 Å². The van der Waals surface area contributed by atoms with Crippen LogP contribution < -0.4 is 4.74 Å². The second kappa shape index (κ2) is 5.69. The molecule has 0 saturated heterocycles. The number of halogens is 2. The SMILES string of the molecule is C=CCOc1c(I)cc(C(=O)O)cc1I. The molecule has 0 atom stereocenters. The summed E-state index contributed by atoms with van der Waals surface area (Å²) >= 11 is 4.11. The molecule has 0 amide bonds. The lowest BCUT2D eigenvalue weighted by Crippen LogP contribution is -2.02. The van der Waals surface area contributed by atoms with Gasteiger partial charge in [-0.2, -0.15) is 0 Å². The maximum absolute atomic E-state index is 10.8. The molecular weight excluding hydrogens is 422 g/mol. The number of hydrogen-bond acceptors (Lipinski definition) is 2. The fourth-order valence-electron chi connectivity index (χ4n) is 0.964. The highest BCUT2D eigenvalue weighted by molar-refractivity contribution is 14.1. The Kier molecular flexibility index (Phi) is 4.84. The fraction of sp³-hybridized carbons (Fsp3) is 0.100. The molecule has 0 unspecified atom stereocenters. The van der Waals surface area contributed by atoms with Gasteiger partial charge in [0.15, 0.2) is 0 Å². The van der Waals surface area contributed by atoms with E-state index in [1.54, 1.807) is 18.2 Å². The first kappa shape index (κ1) is 12.8. The Hall–Kier alpha value is -0.310. The van der Waals surface area contributed by atoms with Gasteiger partial charge < -0.3 is 9.84 Å². The van der Waals surface area contributed by atoms with Gasteiger partial charge in [0.25, 0.3) is 0 Å². The monoisotopic (exact) mass is 430 g/mol. The van der Waals surface area contributed by atoms with Crippen molar-refractivity contribution in [1.29, 1.82) is 0 Å². The number of carbonyl (C=O) groups is 1. The summed E-state index contributed by atoms with van der Waals surface area (Å²) in [5, 5.41) is 8.84. The number of ether oxygens (including phenoxy) is 1. The summed E-state index contributed by atoms with van der Waals surface area (Å²) in [5.74, 6) is -0.220. The molecule has 0 heterocycles. The quantitative estimate of drug-likeness (QED) is 0.590. The van der Waals surface area contributed by atoms with Crippen LogP contribution in [0.15, 0.2) is 24.8 Å². The molecular formula is C10H8I2O3. The van der Waals surface area contributed by atoms with Crippen molar-refractivity contribution < 1.29 is 14.6 Å². The van der Waals surface area contributed by atoms with Crippen LogP contribution in [-0.2, 0) is 0 Å². The van der Waals surface area contributed by atoms with Gasteiger partial charge in [0.1, 0.15) is 12.4 Å². The number of hydrogen-bond donors (Lipinski definition) is 1. The van der Waals surface area contributed by atoms with Crippen LogP contribution in [0.1, 0.15) is 10.4 Å². The maximum Gasteiger partial charge on any atom is 0.335 e. The summed E-state index contributed by atoms with van der Waals surface area (Å²) < 4.78 is 7.01. The van der Waals surface area contributed by atoms with Crippen LogP contribution in [-0.4, -0.2) is 17.7 Å². The van der Waals surface area contributed by atoms with E-state index in [4.69, 9.17) is 9.84 Å². The lowest BCUT2D eigenvalue weighted by molar-refractivity contribution is 0.0696. The van der Waals surface area contributed by atoms with E-state index in [0.717, 1.165) is 7.14 Å². The Morgan fingerprint density at radius 2 is 2.00 bits per heavy atom. The molecule has 5 heteroatoms. The van der Waals surface area contributed by atoms with E-state index in [1.807, 2.05) is 0 Å². The molecule has 0 fully saturated rings. The number of carboxylic acid groups (broad SMARTS) is 1. The molecule has 0 aliphatic carbocycles. The summed E-state index contributed by atoms with van der Waals surface area (Å²) in [6.45, 7) is 3.97. The van der Waals surface area contributed by atoms with Crippen molar-refractivity contribution in [3.63, 3.8) is 0 Å². The molecule has 15 heavy (non-hydrogen) atoms. The second-order valence-corrected chi connectivity index (χ2v) is 5.00. The van der Waals surface area contributed by atoms with Crippen LogP contribution in [0.25, 0.3) is 0 Å². The third kappa shape index (κ3) is 3.33. The zero-order valence-corrected chi connectivity index (χ0v) is 12.0. The Bertz CT molecular complexity index is 379. The van der Waals surface area contributed by atoms with Crippen molar-refractivity contribution >= 4 is 51.2 Å². The van der Waals surface area contributed by atoms with Crippen molar-refractivity contribution in [2.24, 2.45) is 0 Å². The summed E-state index contributed by atoms with van der Waals surface area (Å²) in [4.78, 5) is 10.8. The third-order valence-corrected chi connectivity index (χ3v) is 3.19. The fourth-order valence-corrected chi connectivity index (χ4v) is 3.04. The molecule has 0 aromatic heterocycles. The van der Waals surface area contributed by atoms with Gasteiger partial charge in [-0.1, -0.05) is 12.7 Å². The normalized spacial score (nSPS) is 9.73. The smallest absolute Gasteiger partial charge is 0.335 e. The largest absolute Gasteiger partial charge is 0.487 e. The highest BCUT2D eigenvalue weighted by Crippen LogP contribution is 2.28. The van der Waals surface area contributed by atoms with E-state index in [2.05, 4.69) is 51.8 Å². The minimum absolute atomic E-state index is 0.273. The Morgan fingerprint density at radius 1 is 1.47 bits per heavy atom. The van der Waals surface area contributed by atoms with Crippen molar-refractivity contribution in [1.82, 2.24) is 0 Å². The van der Waals surface area contributed by atoms with Gasteiger partial charge in [-0.15, -0.1) is 0 Å². The molecule has 0 radical (unpaired) electrons. The van der Waals surface area contributed by atoms with E-state index in [0.29, 0.717) is 12.4 Å².